The molecule has 0 saturated carbocycles. The summed E-state index contributed by atoms with van der Waals surface area (Å²) in [6.07, 6.45) is 1.07. The lowest BCUT2D eigenvalue weighted by atomic mass is 10.2. The van der Waals surface area contributed by atoms with Gasteiger partial charge in [-0.25, -0.2) is 13.1 Å². The fraction of sp³-hybridized carbons (Fsp3) is 0.364. The number of rotatable bonds is 4. The third-order valence-electron chi connectivity index (χ3n) is 2.79. The van der Waals surface area contributed by atoms with Crippen LogP contribution in [0.15, 0.2) is 27.6 Å². The number of nitrogens with one attached hydrogen (secondary N) is 2. The standard InChI is InChI=1S/C11H12BrClN2O3S/c12-7-1-3-10(9(13)5-7)19(17,18)14-6-8-2-4-11(16)15-8/h1,3,5,8,14H,2,4,6H2,(H,15,16). The monoisotopic (exact) mass is 366 g/mol. The number of hydrogen-bond donors (Lipinski definition) is 2. The Bertz CT molecular complexity index is 606. The molecule has 1 amide bonds. The van der Waals surface area contributed by atoms with E-state index in [9.17, 15) is 13.2 Å². The van der Waals surface area contributed by atoms with Gasteiger partial charge in [0.1, 0.15) is 4.90 Å². The topological polar surface area (TPSA) is 75.3 Å². The maximum Gasteiger partial charge on any atom is 0.242 e. The van der Waals surface area contributed by atoms with Gasteiger partial charge in [-0.2, -0.15) is 0 Å². The molecule has 1 aliphatic heterocycles. The highest BCUT2D eigenvalue weighted by Gasteiger charge is 2.24. The van der Waals surface area contributed by atoms with Crippen molar-refractivity contribution in [1.82, 2.24) is 10.0 Å². The molecule has 0 aliphatic carbocycles. The maximum atomic E-state index is 12.1. The molecule has 1 heterocycles. The van der Waals surface area contributed by atoms with Crippen LogP contribution in [0.25, 0.3) is 0 Å². The van der Waals surface area contributed by atoms with Crippen LogP contribution in [-0.2, 0) is 14.8 Å². The van der Waals surface area contributed by atoms with Gasteiger partial charge in [0.25, 0.3) is 0 Å². The third-order valence-corrected chi connectivity index (χ3v) is 5.19. The van der Waals surface area contributed by atoms with Gasteiger partial charge < -0.3 is 5.32 Å². The molecule has 1 unspecified atom stereocenters. The second-order valence-corrected chi connectivity index (χ2v) is 7.29. The van der Waals surface area contributed by atoms with Crippen LogP contribution < -0.4 is 10.0 Å². The molecule has 1 aliphatic rings. The molecular weight excluding hydrogens is 356 g/mol. The van der Waals surface area contributed by atoms with E-state index in [0.717, 1.165) is 0 Å². The smallest absolute Gasteiger partial charge is 0.242 e. The summed E-state index contributed by atoms with van der Waals surface area (Å²) in [7, 11) is -3.67. The molecule has 1 atom stereocenters. The molecule has 1 fully saturated rings. The Morgan fingerprint density at radius 3 is 2.79 bits per heavy atom. The van der Waals surface area contributed by atoms with Crippen molar-refractivity contribution in [3.05, 3.63) is 27.7 Å². The van der Waals surface area contributed by atoms with Gasteiger partial charge in [0.2, 0.25) is 15.9 Å². The molecule has 1 aromatic rings. The summed E-state index contributed by atoms with van der Waals surface area (Å²) >= 11 is 9.13. The van der Waals surface area contributed by atoms with Crippen molar-refractivity contribution in [1.29, 1.82) is 0 Å². The summed E-state index contributed by atoms with van der Waals surface area (Å²) in [5.74, 6) is -0.0501. The van der Waals surface area contributed by atoms with E-state index in [4.69, 9.17) is 11.6 Å². The van der Waals surface area contributed by atoms with Gasteiger partial charge in [-0.05, 0) is 24.6 Å². The van der Waals surface area contributed by atoms with E-state index in [0.29, 0.717) is 17.3 Å². The van der Waals surface area contributed by atoms with E-state index in [-0.39, 0.29) is 28.4 Å². The lowest BCUT2D eigenvalue weighted by Gasteiger charge is -2.12. The van der Waals surface area contributed by atoms with Crippen molar-refractivity contribution in [2.24, 2.45) is 0 Å². The Labute approximate surface area is 124 Å². The fourth-order valence-electron chi connectivity index (χ4n) is 1.81. The third kappa shape index (κ3) is 3.68. The van der Waals surface area contributed by atoms with E-state index in [1.165, 1.54) is 12.1 Å². The van der Waals surface area contributed by atoms with Gasteiger partial charge in [-0.1, -0.05) is 27.5 Å². The minimum atomic E-state index is -3.67. The summed E-state index contributed by atoms with van der Waals surface area (Å²) in [6, 6.07) is 4.41. The minimum absolute atomic E-state index is 0.0293. The first kappa shape index (κ1) is 14.8. The average Bonchev–Trinajstić information content (AvgIpc) is 2.72. The first-order valence-electron chi connectivity index (χ1n) is 5.62. The number of sulfonamides is 1. The predicted molar refractivity (Wildman–Crippen MR) is 75.5 cm³/mol. The highest BCUT2D eigenvalue weighted by atomic mass is 79.9. The molecule has 1 saturated heterocycles. The molecule has 0 radical (unpaired) electrons. The summed E-state index contributed by atoms with van der Waals surface area (Å²) in [6.45, 7) is 0.167. The molecule has 1 aromatic carbocycles. The van der Waals surface area contributed by atoms with E-state index in [2.05, 4.69) is 26.0 Å². The molecule has 19 heavy (non-hydrogen) atoms. The maximum absolute atomic E-state index is 12.1. The molecule has 2 N–H and O–H groups in total. The minimum Gasteiger partial charge on any atom is -0.352 e. The van der Waals surface area contributed by atoms with Gasteiger partial charge in [0, 0.05) is 23.5 Å². The molecular formula is C11H12BrClN2O3S. The Morgan fingerprint density at radius 2 is 2.21 bits per heavy atom. The Balaban J connectivity index is 2.07. The van der Waals surface area contributed by atoms with E-state index < -0.39 is 10.0 Å². The van der Waals surface area contributed by atoms with Crippen LogP contribution in [0.1, 0.15) is 12.8 Å². The van der Waals surface area contributed by atoms with Gasteiger partial charge >= 0.3 is 0 Å². The number of carbonyl (C=O) groups excluding carboxylic acids is 1. The molecule has 2 rings (SSSR count). The first-order chi connectivity index (χ1) is 8.88. The van der Waals surface area contributed by atoms with Crippen molar-refractivity contribution in [2.45, 2.75) is 23.8 Å². The van der Waals surface area contributed by atoms with Gasteiger partial charge in [-0.15, -0.1) is 0 Å². The van der Waals surface area contributed by atoms with Gasteiger partial charge in [0.05, 0.1) is 5.02 Å². The largest absolute Gasteiger partial charge is 0.352 e. The van der Waals surface area contributed by atoms with Crippen LogP contribution in [0, 0.1) is 0 Å². The average molecular weight is 368 g/mol. The van der Waals surface area contributed by atoms with Crippen LogP contribution in [0.3, 0.4) is 0 Å². The van der Waals surface area contributed by atoms with Crippen LogP contribution in [0.4, 0.5) is 0 Å². The second-order valence-electron chi connectivity index (χ2n) is 4.23. The highest BCUT2D eigenvalue weighted by Crippen LogP contribution is 2.25. The number of halogens is 2. The predicted octanol–water partition coefficient (Wildman–Crippen LogP) is 1.66. The van der Waals surface area contributed by atoms with Crippen molar-refractivity contribution < 1.29 is 13.2 Å². The van der Waals surface area contributed by atoms with Crippen LogP contribution >= 0.6 is 27.5 Å². The molecule has 8 heteroatoms. The Morgan fingerprint density at radius 1 is 1.47 bits per heavy atom. The number of amides is 1. The number of benzene rings is 1. The first-order valence-corrected chi connectivity index (χ1v) is 8.28. The van der Waals surface area contributed by atoms with Crippen molar-refractivity contribution in [2.75, 3.05) is 6.54 Å². The van der Waals surface area contributed by atoms with Gasteiger partial charge in [-0.3, -0.25) is 4.79 Å². The van der Waals surface area contributed by atoms with E-state index in [1.54, 1.807) is 6.07 Å². The van der Waals surface area contributed by atoms with E-state index in [1.807, 2.05) is 0 Å². The second kappa shape index (κ2) is 5.78. The zero-order valence-corrected chi connectivity index (χ0v) is 13.0. The summed E-state index contributed by atoms with van der Waals surface area (Å²) in [4.78, 5) is 11.1. The molecule has 0 bridgehead atoms. The zero-order chi connectivity index (χ0) is 14.0. The quantitative estimate of drug-likeness (QED) is 0.850. The molecule has 0 aromatic heterocycles. The van der Waals surface area contributed by atoms with Crippen LogP contribution in [0.5, 0.6) is 0 Å². The fourth-order valence-corrected chi connectivity index (χ4v) is 3.93. The van der Waals surface area contributed by atoms with Crippen molar-refractivity contribution >= 4 is 43.5 Å². The van der Waals surface area contributed by atoms with E-state index >= 15 is 0 Å². The summed E-state index contributed by atoms with van der Waals surface area (Å²) in [5.41, 5.74) is 0. The molecule has 5 nitrogen and oxygen atoms in total. The van der Waals surface area contributed by atoms with Gasteiger partial charge in [0.15, 0.2) is 0 Å². The molecule has 0 spiro atoms. The normalized spacial score (nSPS) is 19.5. The Kier molecular flexibility index (Phi) is 4.50. The number of hydrogen-bond acceptors (Lipinski definition) is 3. The highest BCUT2D eigenvalue weighted by molar-refractivity contribution is 9.10. The zero-order valence-electron chi connectivity index (χ0n) is 9.82. The Hall–Kier alpha value is -0.630. The summed E-state index contributed by atoms with van der Waals surface area (Å²) in [5, 5.41) is 2.85. The number of carbonyl (C=O) groups is 1. The van der Waals surface area contributed by atoms with Crippen LogP contribution in [0.2, 0.25) is 5.02 Å². The van der Waals surface area contributed by atoms with Crippen molar-refractivity contribution in [3.8, 4) is 0 Å². The van der Waals surface area contributed by atoms with Crippen molar-refractivity contribution in [3.63, 3.8) is 0 Å². The molecule has 104 valence electrons. The van der Waals surface area contributed by atoms with Crippen LogP contribution in [-0.4, -0.2) is 26.9 Å². The lowest BCUT2D eigenvalue weighted by molar-refractivity contribution is -0.119. The summed E-state index contributed by atoms with van der Waals surface area (Å²) < 4.78 is 27.3. The SMILES string of the molecule is O=C1CCC(CNS(=O)(=O)c2ccc(Br)cc2Cl)N1. The lowest BCUT2D eigenvalue weighted by Crippen LogP contribution is -2.38.